The third kappa shape index (κ3) is 3.55. The second-order valence-electron chi connectivity index (χ2n) is 6.42. The Kier molecular flexibility index (Phi) is 4.67. The SMILES string of the molecule is COC(=O)c1cc(C#N)ncc1N1CCC(O)CC(C)(C)C1. The highest BCUT2D eigenvalue weighted by Crippen LogP contribution is 2.32. The summed E-state index contributed by atoms with van der Waals surface area (Å²) in [5.74, 6) is -0.489. The molecule has 0 aromatic carbocycles. The van der Waals surface area contributed by atoms with E-state index in [1.807, 2.05) is 11.0 Å². The summed E-state index contributed by atoms with van der Waals surface area (Å²) in [6.07, 6.45) is 2.52. The smallest absolute Gasteiger partial charge is 0.340 e. The predicted octanol–water partition coefficient (Wildman–Crippen LogP) is 1.73. The van der Waals surface area contributed by atoms with Crippen molar-refractivity contribution in [3.8, 4) is 6.07 Å². The fraction of sp³-hybridized carbons (Fsp3) is 0.562. The second-order valence-corrected chi connectivity index (χ2v) is 6.42. The number of nitrogens with zero attached hydrogens (tertiary/aromatic N) is 3. The maximum absolute atomic E-state index is 12.0. The van der Waals surface area contributed by atoms with Gasteiger partial charge in [-0.15, -0.1) is 0 Å². The number of rotatable bonds is 2. The molecule has 0 aliphatic carbocycles. The fourth-order valence-corrected chi connectivity index (χ4v) is 2.95. The van der Waals surface area contributed by atoms with Gasteiger partial charge in [0.2, 0.25) is 0 Å². The van der Waals surface area contributed by atoms with Crippen LogP contribution in [0.3, 0.4) is 0 Å². The van der Waals surface area contributed by atoms with E-state index in [1.165, 1.54) is 13.2 Å². The number of carbonyl (C=O) groups is 1. The fourth-order valence-electron chi connectivity index (χ4n) is 2.95. The van der Waals surface area contributed by atoms with Gasteiger partial charge >= 0.3 is 5.97 Å². The summed E-state index contributed by atoms with van der Waals surface area (Å²) in [4.78, 5) is 18.1. The summed E-state index contributed by atoms with van der Waals surface area (Å²) in [5.41, 5.74) is 1.07. The highest BCUT2D eigenvalue weighted by molar-refractivity contribution is 5.96. The van der Waals surface area contributed by atoms with Gasteiger partial charge in [0.1, 0.15) is 11.8 Å². The molecule has 2 heterocycles. The van der Waals surface area contributed by atoms with Gasteiger partial charge < -0.3 is 14.7 Å². The first-order chi connectivity index (χ1) is 10.4. The van der Waals surface area contributed by atoms with E-state index < -0.39 is 5.97 Å². The highest BCUT2D eigenvalue weighted by atomic mass is 16.5. The van der Waals surface area contributed by atoms with Crippen molar-refractivity contribution in [2.75, 3.05) is 25.1 Å². The lowest BCUT2D eigenvalue weighted by Crippen LogP contribution is -2.34. The van der Waals surface area contributed by atoms with Gasteiger partial charge in [0.25, 0.3) is 0 Å². The molecule has 1 unspecified atom stereocenters. The number of carbonyl (C=O) groups excluding carboxylic acids is 1. The number of hydrogen-bond donors (Lipinski definition) is 1. The summed E-state index contributed by atoms with van der Waals surface area (Å²) < 4.78 is 4.82. The summed E-state index contributed by atoms with van der Waals surface area (Å²) in [7, 11) is 1.31. The van der Waals surface area contributed by atoms with Gasteiger partial charge in [-0.3, -0.25) is 0 Å². The van der Waals surface area contributed by atoms with Crippen LogP contribution in [0.4, 0.5) is 5.69 Å². The molecule has 1 atom stereocenters. The molecule has 118 valence electrons. The number of hydrogen-bond acceptors (Lipinski definition) is 6. The Morgan fingerprint density at radius 1 is 1.59 bits per heavy atom. The third-order valence-electron chi connectivity index (χ3n) is 3.88. The summed E-state index contributed by atoms with van der Waals surface area (Å²) in [5, 5.41) is 19.0. The van der Waals surface area contributed by atoms with Gasteiger partial charge in [-0.1, -0.05) is 13.8 Å². The van der Waals surface area contributed by atoms with E-state index >= 15 is 0 Å². The molecule has 1 aliphatic heterocycles. The van der Waals surface area contributed by atoms with E-state index in [9.17, 15) is 9.90 Å². The zero-order chi connectivity index (χ0) is 16.3. The molecular formula is C16H21N3O3. The van der Waals surface area contributed by atoms with E-state index in [0.717, 1.165) is 0 Å². The van der Waals surface area contributed by atoms with Crippen molar-refractivity contribution in [2.24, 2.45) is 5.41 Å². The zero-order valence-corrected chi connectivity index (χ0v) is 13.2. The summed E-state index contributed by atoms with van der Waals surface area (Å²) >= 11 is 0. The number of pyridine rings is 1. The molecule has 1 saturated heterocycles. The number of anilines is 1. The lowest BCUT2D eigenvalue weighted by Gasteiger charge is -2.31. The van der Waals surface area contributed by atoms with Gasteiger partial charge in [-0.2, -0.15) is 5.26 Å². The van der Waals surface area contributed by atoms with Crippen LogP contribution in [0.15, 0.2) is 12.3 Å². The van der Waals surface area contributed by atoms with Crippen LogP contribution in [0.5, 0.6) is 0 Å². The van der Waals surface area contributed by atoms with E-state index in [4.69, 9.17) is 10.00 Å². The highest BCUT2D eigenvalue weighted by Gasteiger charge is 2.31. The van der Waals surface area contributed by atoms with Crippen LogP contribution in [0, 0.1) is 16.7 Å². The zero-order valence-electron chi connectivity index (χ0n) is 13.2. The van der Waals surface area contributed by atoms with Crippen molar-refractivity contribution < 1.29 is 14.6 Å². The first kappa shape index (κ1) is 16.2. The maximum atomic E-state index is 12.0. The lowest BCUT2D eigenvalue weighted by molar-refractivity contribution is 0.0601. The average molecular weight is 303 g/mol. The van der Waals surface area contributed by atoms with E-state index in [-0.39, 0.29) is 17.2 Å². The quantitative estimate of drug-likeness (QED) is 0.837. The van der Waals surface area contributed by atoms with Gasteiger partial charge in [0.15, 0.2) is 0 Å². The minimum Gasteiger partial charge on any atom is -0.465 e. The first-order valence-electron chi connectivity index (χ1n) is 7.28. The molecule has 1 aliphatic rings. The number of esters is 1. The van der Waals surface area contributed by atoms with E-state index in [1.54, 1.807) is 6.20 Å². The molecule has 2 rings (SSSR count). The van der Waals surface area contributed by atoms with Crippen molar-refractivity contribution >= 4 is 11.7 Å². The molecule has 0 bridgehead atoms. The molecule has 0 spiro atoms. The van der Waals surface area contributed by atoms with Crippen LogP contribution >= 0.6 is 0 Å². The average Bonchev–Trinajstić information content (AvgIpc) is 2.62. The molecule has 0 amide bonds. The van der Waals surface area contributed by atoms with Gasteiger partial charge in [0.05, 0.1) is 30.7 Å². The topological polar surface area (TPSA) is 86.5 Å². The van der Waals surface area contributed by atoms with Gasteiger partial charge in [-0.05, 0) is 24.3 Å². The third-order valence-corrected chi connectivity index (χ3v) is 3.88. The van der Waals surface area contributed by atoms with Crippen LogP contribution in [-0.4, -0.2) is 42.4 Å². The minimum atomic E-state index is -0.489. The Bertz CT molecular complexity index is 607. The van der Waals surface area contributed by atoms with Crippen LogP contribution in [0.1, 0.15) is 42.7 Å². The van der Waals surface area contributed by atoms with Gasteiger partial charge in [0, 0.05) is 13.1 Å². The van der Waals surface area contributed by atoms with Crippen molar-refractivity contribution in [2.45, 2.75) is 32.8 Å². The first-order valence-corrected chi connectivity index (χ1v) is 7.28. The standard InChI is InChI=1S/C16H21N3O3/c1-16(2)7-12(20)4-5-19(10-16)14-9-18-11(8-17)6-13(14)15(21)22-3/h6,9,12,20H,4-5,7,10H2,1-3H3. The molecule has 1 N–H and O–H groups in total. The van der Waals surface area contributed by atoms with Crippen LogP contribution in [0.25, 0.3) is 0 Å². The molecule has 1 aromatic rings. The minimum absolute atomic E-state index is 0.0861. The molecule has 0 saturated carbocycles. The maximum Gasteiger partial charge on any atom is 0.340 e. The van der Waals surface area contributed by atoms with Crippen molar-refractivity contribution in [1.29, 1.82) is 5.26 Å². The number of ether oxygens (including phenoxy) is 1. The Morgan fingerprint density at radius 3 is 2.95 bits per heavy atom. The molecular weight excluding hydrogens is 282 g/mol. The van der Waals surface area contributed by atoms with Crippen molar-refractivity contribution in [3.63, 3.8) is 0 Å². The predicted molar refractivity (Wildman–Crippen MR) is 81.5 cm³/mol. The molecule has 22 heavy (non-hydrogen) atoms. The number of methoxy groups -OCH3 is 1. The molecule has 1 fully saturated rings. The van der Waals surface area contributed by atoms with Gasteiger partial charge in [-0.25, -0.2) is 9.78 Å². The summed E-state index contributed by atoms with van der Waals surface area (Å²) in [6.45, 7) is 5.50. The Labute approximate surface area is 130 Å². The Balaban J connectivity index is 2.42. The monoisotopic (exact) mass is 303 g/mol. The van der Waals surface area contributed by atoms with E-state index in [2.05, 4.69) is 18.8 Å². The van der Waals surface area contributed by atoms with Crippen LogP contribution in [0.2, 0.25) is 0 Å². The number of aliphatic hydroxyl groups excluding tert-OH is 1. The largest absolute Gasteiger partial charge is 0.465 e. The molecule has 0 radical (unpaired) electrons. The van der Waals surface area contributed by atoms with Crippen LogP contribution in [-0.2, 0) is 4.74 Å². The van der Waals surface area contributed by atoms with Crippen LogP contribution < -0.4 is 4.90 Å². The number of aliphatic hydroxyl groups is 1. The molecule has 6 nitrogen and oxygen atoms in total. The Morgan fingerprint density at radius 2 is 2.32 bits per heavy atom. The Hall–Kier alpha value is -2.13. The van der Waals surface area contributed by atoms with E-state index in [0.29, 0.717) is 37.2 Å². The lowest BCUT2D eigenvalue weighted by atomic mass is 9.87. The number of aromatic nitrogens is 1. The molecule has 6 heteroatoms. The number of nitriles is 1. The van der Waals surface area contributed by atoms with Crippen molar-refractivity contribution in [1.82, 2.24) is 4.98 Å². The molecule has 1 aromatic heterocycles. The summed E-state index contributed by atoms with van der Waals surface area (Å²) in [6, 6.07) is 3.39. The second kappa shape index (κ2) is 6.32. The van der Waals surface area contributed by atoms with Crippen molar-refractivity contribution in [3.05, 3.63) is 23.5 Å². The normalized spacial score (nSPS) is 20.9.